The number of imide groups is 1. The van der Waals surface area contributed by atoms with Gasteiger partial charge in [0.15, 0.2) is 0 Å². The highest BCUT2D eigenvalue weighted by Crippen LogP contribution is 2.32. The molecule has 0 unspecified atom stereocenters. The van der Waals surface area contributed by atoms with Gasteiger partial charge >= 0.3 is 0 Å². The van der Waals surface area contributed by atoms with Crippen LogP contribution in [0.1, 0.15) is 5.56 Å². The van der Waals surface area contributed by atoms with Gasteiger partial charge < -0.3 is 5.32 Å². The van der Waals surface area contributed by atoms with E-state index in [1.165, 1.54) is 12.1 Å². The lowest BCUT2D eigenvalue weighted by molar-refractivity contribution is -0.122. The number of hydrogen-bond acceptors (Lipinski definition) is 4. The van der Waals surface area contributed by atoms with E-state index in [-0.39, 0.29) is 22.4 Å². The number of carbonyl (C=O) groups is 2. The molecule has 0 saturated carbocycles. The van der Waals surface area contributed by atoms with Gasteiger partial charge in [0, 0.05) is 11.3 Å². The third-order valence-electron chi connectivity index (χ3n) is 3.28. The van der Waals surface area contributed by atoms with Gasteiger partial charge in [0.05, 0.1) is 11.6 Å². The molecule has 1 aliphatic heterocycles. The average molecular weight is 328 g/mol. The zero-order chi connectivity index (χ0) is 16.2. The molecule has 3 rings (SSSR count). The second kappa shape index (κ2) is 6.66. The fraction of sp³-hybridized carbons (Fsp3) is 0.0588. The van der Waals surface area contributed by atoms with Crippen molar-refractivity contribution in [3.63, 3.8) is 0 Å². The van der Waals surface area contributed by atoms with Gasteiger partial charge in [0.25, 0.3) is 11.1 Å². The van der Waals surface area contributed by atoms with Gasteiger partial charge in [-0.25, -0.2) is 4.39 Å². The molecule has 1 fully saturated rings. The van der Waals surface area contributed by atoms with Crippen molar-refractivity contribution >= 4 is 34.7 Å². The Kier molecular flexibility index (Phi) is 4.43. The maximum absolute atomic E-state index is 13.7. The highest BCUT2D eigenvalue weighted by atomic mass is 32.2. The minimum absolute atomic E-state index is 0.0727. The van der Waals surface area contributed by atoms with Crippen LogP contribution in [0.5, 0.6) is 0 Å². The first-order chi connectivity index (χ1) is 11.1. The number of nitrogens with zero attached hydrogens (tertiary/aromatic N) is 1. The number of hydrogen-bond donors (Lipinski definition) is 1. The molecule has 0 radical (unpaired) electrons. The molecule has 2 amide bonds. The molecule has 1 aliphatic rings. The van der Waals surface area contributed by atoms with Gasteiger partial charge in [-0.1, -0.05) is 36.4 Å². The Morgan fingerprint density at radius 1 is 1.04 bits per heavy atom. The SMILES string of the molecule is O=C1SC(=Cc2ccccc2F)C(=O)N1CNc1ccccc1. The van der Waals surface area contributed by atoms with E-state index in [0.29, 0.717) is 0 Å². The van der Waals surface area contributed by atoms with E-state index in [0.717, 1.165) is 22.3 Å². The average Bonchev–Trinajstić information content (AvgIpc) is 2.82. The third kappa shape index (κ3) is 3.43. The van der Waals surface area contributed by atoms with Crippen LogP contribution in [-0.2, 0) is 4.79 Å². The maximum atomic E-state index is 13.7. The summed E-state index contributed by atoms with van der Waals surface area (Å²) in [5.74, 6) is -0.853. The second-order valence-electron chi connectivity index (χ2n) is 4.83. The van der Waals surface area contributed by atoms with Crippen LogP contribution in [-0.4, -0.2) is 22.7 Å². The summed E-state index contributed by atoms with van der Waals surface area (Å²) in [5, 5.41) is 2.64. The molecule has 0 atom stereocenters. The Balaban J connectivity index is 1.74. The fourth-order valence-electron chi connectivity index (χ4n) is 2.10. The first-order valence-corrected chi connectivity index (χ1v) is 7.75. The minimum Gasteiger partial charge on any atom is -0.367 e. The first-order valence-electron chi connectivity index (χ1n) is 6.94. The van der Waals surface area contributed by atoms with Crippen molar-refractivity contribution < 1.29 is 14.0 Å². The highest BCUT2D eigenvalue weighted by Gasteiger charge is 2.34. The van der Waals surface area contributed by atoms with Crippen molar-refractivity contribution in [2.45, 2.75) is 0 Å². The Bertz CT molecular complexity index is 777. The normalized spacial score (nSPS) is 16.2. The van der Waals surface area contributed by atoms with Gasteiger partial charge in [-0.2, -0.15) is 0 Å². The van der Waals surface area contributed by atoms with Crippen molar-refractivity contribution in [1.29, 1.82) is 0 Å². The van der Waals surface area contributed by atoms with Gasteiger partial charge in [-0.05, 0) is 36.0 Å². The van der Waals surface area contributed by atoms with Crippen LogP contribution < -0.4 is 5.32 Å². The molecule has 0 bridgehead atoms. The predicted molar refractivity (Wildman–Crippen MR) is 89.1 cm³/mol. The summed E-state index contributed by atoms with van der Waals surface area (Å²) in [7, 11) is 0. The van der Waals surface area contributed by atoms with E-state index in [4.69, 9.17) is 0 Å². The van der Waals surface area contributed by atoms with Crippen molar-refractivity contribution in [2.24, 2.45) is 0 Å². The molecule has 0 aliphatic carbocycles. The Morgan fingerprint density at radius 2 is 1.74 bits per heavy atom. The summed E-state index contributed by atoms with van der Waals surface area (Å²) >= 11 is 0.812. The minimum atomic E-state index is -0.429. The molecule has 2 aromatic rings. The molecule has 2 aromatic carbocycles. The Labute approximate surface area is 137 Å². The van der Waals surface area contributed by atoms with E-state index in [1.54, 1.807) is 18.2 Å². The maximum Gasteiger partial charge on any atom is 0.295 e. The first kappa shape index (κ1) is 15.3. The molecule has 6 heteroatoms. The van der Waals surface area contributed by atoms with Crippen LogP contribution >= 0.6 is 11.8 Å². The third-order valence-corrected chi connectivity index (χ3v) is 4.19. The molecule has 23 heavy (non-hydrogen) atoms. The quantitative estimate of drug-likeness (QED) is 0.864. The summed E-state index contributed by atoms with van der Waals surface area (Å²) in [4.78, 5) is 25.6. The predicted octanol–water partition coefficient (Wildman–Crippen LogP) is 3.93. The van der Waals surface area contributed by atoms with Crippen molar-refractivity contribution in [3.8, 4) is 0 Å². The number of carbonyl (C=O) groups excluding carboxylic acids is 2. The molecule has 1 heterocycles. The second-order valence-corrected chi connectivity index (χ2v) is 5.83. The van der Waals surface area contributed by atoms with E-state index >= 15 is 0 Å². The van der Waals surface area contributed by atoms with E-state index in [2.05, 4.69) is 5.32 Å². The largest absolute Gasteiger partial charge is 0.367 e. The van der Waals surface area contributed by atoms with E-state index in [9.17, 15) is 14.0 Å². The Morgan fingerprint density at radius 3 is 2.48 bits per heavy atom. The summed E-state index contributed by atoms with van der Waals surface area (Å²) in [5.41, 5.74) is 1.10. The fourth-order valence-corrected chi connectivity index (χ4v) is 2.93. The Hall–Kier alpha value is -2.60. The topological polar surface area (TPSA) is 49.4 Å². The van der Waals surface area contributed by atoms with E-state index < -0.39 is 11.7 Å². The number of anilines is 1. The van der Waals surface area contributed by atoms with Crippen LogP contribution in [0.4, 0.5) is 14.9 Å². The lowest BCUT2D eigenvalue weighted by Gasteiger charge is -2.14. The van der Waals surface area contributed by atoms with Crippen LogP contribution in [0.3, 0.4) is 0 Å². The number of thioether (sulfide) groups is 1. The monoisotopic (exact) mass is 328 g/mol. The van der Waals surface area contributed by atoms with Gasteiger partial charge in [0.1, 0.15) is 5.82 Å². The summed E-state index contributed by atoms with van der Waals surface area (Å²) in [6.07, 6.45) is 1.41. The van der Waals surface area contributed by atoms with Crippen LogP contribution in [0.2, 0.25) is 0 Å². The molecular weight excluding hydrogens is 315 g/mol. The van der Waals surface area contributed by atoms with Crippen molar-refractivity contribution in [1.82, 2.24) is 4.90 Å². The number of rotatable bonds is 4. The van der Waals surface area contributed by atoms with Gasteiger partial charge in [0.2, 0.25) is 0 Å². The van der Waals surface area contributed by atoms with Gasteiger partial charge in [-0.15, -0.1) is 0 Å². The lowest BCUT2D eigenvalue weighted by atomic mass is 10.2. The standard InChI is InChI=1S/C17H13FN2O2S/c18-14-9-5-4-6-12(14)10-15-16(21)20(17(22)23-15)11-19-13-7-2-1-3-8-13/h1-10,19H,11H2. The number of halogens is 1. The summed E-state index contributed by atoms with van der Waals surface area (Å²) in [6.45, 7) is 0.0727. The van der Waals surface area contributed by atoms with Gasteiger partial charge in [-0.3, -0.25) is 14.5 Å². The molecule has 0 aromatic heterocycles. The van der Waals surface area contributed by atoms with Crippen molar-refractivity contribution in [3.05, 3.63) is 70.9 Å². The zero-order valence-electron chi connectivity index (χ0n) is 12.0. The zero-order valence-corrected chi connectivity index (χ0v) is 12.8. The van der Waals surface area contributed by atoms with Crippen LogP contribution in [0.25, 0.3) is 6.08 Å². The smallest absolute Gasteiger partial charge is 0.295 e. The van der Waals surface area contributed by atoms with Crippen LogP contribution in [0.15, 0.2) is 59.5 Å². The molecule has 0 spiro atoms. The molecular formula is C17H13FN2O2S. The summed E-state index contributed by atoms with van der Waals surface area (Å²) in [6, 6.07) is 15.4. The molecule has 4 nitrogen and oxygen atoms in total. The lowest BCUT2D eigenvalue weighted by Crippen LogP contribution is -2.33. The highest BCUT2D eigenvalue weighted by molar-refractivity contribution is 8.18. The van der Waals surface area contributed by atoms with Crippen molar-refractivity contribution in [2.75, 3.05) is 12.0 Å². The van der Waals surface area contributed by atoms with E-state index in [1.807, 2.05) is 30.3 Å². The van der Waals surface area contributed by atoms with Crippen LogP contribution in [0, 0.1) is 5.82 Å². The number of nitrogens with one attached hydrogen (secondary N) is 1. The molecule has 1 saturated heterocycles. The molecule has 1 N–H and O–H groups in total. The number of amides is 2. The number of para-hydroxylation sites is 1. The number of benzene rings is 2. The molecule has 116 valence electrons. The summed E-state index contributed by atoms with van der Waals surface area (Å²) < 4.78 is 13.7.